The van der Waals surface area contributed by atoms with E-state index >= 15 is 0 Å². The first-order valence-corrected chi connectivity index (χ1v) is 9.73. The van der Waals surface area contributed by atoms with Crippen LogP contribution in [-0.4, -0.2) is 21.3 Å². The molecule has 0 saturated carbocycles. The second kappa shape index (κ2) is 8.70. The quantitative estimate of drug-likeness (QED) is 0.587. The summed E-state index contributed by atoms with van der Waals surface area (Å²) in [7, 11) is 0. The van der Waals surface area contributed by atoms with Gasteiger partial charge in [0.15, 0.2) is 0 Å². The lowest BCUT2D eigenvalue weighted by Crippen LogP contribution is -2.22. The number of nitrogens with zero attached hydrogens (tertiary/aromatic N) is 2. The summed E-state index contributed by atoms with van der Waals surface area (Å²) in [6.45, 7) is 3.38. The van der Waals surface area contributed by atoms with Crippen molar-refractivity contribution < 1.29 is 18.1 Å². The fraction of sp³-hybridized carbons (Fsp3) is 0.211. The van der Waals surface area contributed by atoms with Crippen molar-refractivity contribution in [3.63, 3.8) is 0 Å². The van der Waals surface area contributed by atoms with Gasteiger partial charge in [0.05, 0.1) is 21.7 Å². The van der Waals surface area contributed by atoms with Gasteiger partial charge in [-0.1, -0.05) is 28.9 Å². The average Bonchev–Trinajstić information content (AvgIpc) is 3.13. The predicted octanol–water partition coefficient (Wildman–Crippen LogP) is 5.24. The third-order valence-electron chi connectivity index (χ3n) is 3.91. The van der Waals surface area contributed by atoms with Crippen LogP contribution in [0.2, 0.25) is 5.02 Å². The molecule has 1 N–H and O–H groups in total. The predicted molar refractivity (Wildman–Crippen MR) is 105 cm³/mol. The lowest BCUT2D eigenvalue weighted by molar-refractivity contribution is -0.115. The minimum Gasteiger partial charge on any atom is -0.338 e. The molecule has 1 atom stereocenters. The van der Waals surface area contributed by atoms with E-state index in [4.69, 9.17) is 16.1 Å². The normalized spacial score (nSPS) is 12.0. The van der Waals surface area contributed by atoms with Crippen molar-refractivity contribution >= 4 is 35.0 Å². The summed E-state index contributed by atoms with van der Waals surface area (Å²) in [5, 5.41) is 6.17. The summed E-state index contributed by atoms with van der Waals surface area (Å²) in [4.78, 5) is 16.5. The molecular weight excluding hydrogens is 408 g/mol. The summed E-state index contributed by atoms with van der Waals surface area (Å²) < 4.78 is 31.9. The second-order valence-corrected chi connectivity index (χ2v) is 7.78. The molecule has 0 aliphatic carbocycles. The van der Waals surface area contributed by atoms with Crippen LogP contribution in [0.25, 0.3) is 11.4 Å². The number of anilines is 1. The van der Waals surface area contributed by atoms with E-state index in [1.807, 2.05) is 0 Å². The maximum absolute atomic E-state index is 13.7. The van der Waals surface area contributed by atoms with Gasteiger partial charge in [-0.15, -0.1) is 11.8 Å². The zero-order chi connectivity index (χ0) is 20.3. The number of carbonyl (C=O) groups excluding carboxylic acids is 1. The molecule has 9 heteroatoms. The highest BCUT2D eigenvalue weighted by atomic mass is 35.5. The molecule has 2 aromatic carbocycles. The lowest BCUT2D eigenvalue weighted by Gasteiger charge is -2.12. The Balaban J connectivity index is 1.58. The van der Waals surface area contributed by atoms with Crippen LogP contribution in [0.3, 0.4) is 0 Å². The van der Waals surface area contributed by atoms with Crippen molar-refractivity contribution in [2.45, 2.75) is 24.9 Å². The molecule has 0 saturated heterocycles. The van der Waals surface area contributed by atoms with Crippen molar-refractivity contribution in [2.75, 3.05) is 5.32 Å². The highest BCUT2D eigenvalue weighted by Gasteiger charge is 2.17. The molecule has 5 nitrogen and oxygen atoms in total. The Kier molecular flexibility index (Phi) is 6.31. The first kappa shape index (κ1) is 20.3. The number of hydrogen-bond acceptors (Lipinski definition) is 5. The molecule has 1 unspecified atom stereocenters. The molecule has 3 rings (SSSR count). The molecule has 3 aromatic rings. The Morgan fingerprint density at radius 1 is 1.29 bits per heavy atom. The molecule has 0 bridgehead atoms. The SMILES string of the molecule is Cc1ccc(-c2noc(CSC(C)C(=O)Nc3ccc(F)cc3Cl)n2)cc1F. The Bertz CT molecular complexity index is 1010. The van der Waals surface area contributed by atoms with Crippen molar-refractivity contribution in [1.29, 1.82) is 0 Å². The first-order valence-electron chi connectivity index (χ1n) is 8.30. The molecule has 1 heterocycles. The number of aryl methyl sites for hydroxylation is 1. The van der Waals surface area contributed by atoms with Crippen LogP contribution in [0.5, 0.6) is 0 Å². The van der Waals surface area contributed by atoms with E-state index in [9.17, 15) is 13.6 Å². The van der Waals surface area contributed by atoms with Gasteiger partial charge in [0.2, 0.25) is 17.6 Å². The third-order valence-corrected chi connectivity index (χ3v) is 5.35. The highest BCUT2D eigenvalue weighted by Crippen LogP contribution is 2.25. The zero-order valence-corrected chi connectivity index (χ0v) is 16.6. The smallest absolute Gasteiger partial charge is 0.237 e. The number of amides is 1. The maximum Gasteiger partial charge on any atom is 0.237 e. The summed E-state index contributed by atoms with van der Waals surface area (Å²) >= 11 is 7.19. The molecule has 28 heavy (non-hydrogen) atoms. The van der Waals surface area contributed by atoms with E-state index in [0.717, 1.165) is 6.07 Å². The fourth-order valence-electron chi connectivity index (χ4n) is 2.26. The molecule has 146 valence electrons. The van der Waals surface area contributed by atoms with Crippen molar-refractivity contribution in [2.24, 2.45) is 0 Å². The van der Waals surface area contributed by atoms with Gasteiger partial charge in [-0.2, -0.15) is 4.98 Å². The van der Waals surface area contributed by atoms with Crippen LogP contribution < -0.4 is 5.32 Å². The number of halogens is 3. The molecule has 0 spiro atoms. The number of benzene rings is 2. The molecule has 0 radical (unpaired) electrons. The van der Waals surface area contributed by atoms with E-state index in [0.29, 0.717) is 28.5 Å². The third kappa shape index (κ3) is 4.88. The van der Waals surface area contributed by atoms with Gasteiger partial charge in [0.25, 0.3) is 0 Å². The van der Waals surface area contributed by atoms with Crippen LogP contribution >= 0.6 is 23.4 Å². The Labute approximate surface area is 169 Å². The Hall–Kier alpha value is -2.45. The fourth-order valence-corrected chi connectivity index (χ4v) is 3.19. The van der Waals surface area contributed by atoms with Crippen LogP contribution in [0.1, 0.15) is 18.4 Å². The largest absolute Gasteiger partial charge is 0.338 e. The molecule has 0 aliphatic rings. The molecule has 0 aliphatic heterocycles. The summed E-state index contributed by atoms with van der Waals surface area (Å²) in [6.07, 6.45) is 0. The molecule has 0 fully saturated rings. The standard InChI is InChI=1S/C19H16ClF2N3O2S/c1-10-3-4-12(7-15(10)22)18-24-17(27-25-18)9-28-11(2)19(26)23-16-6-5-13(21)8-14(16)20/h3-8,11H,9H2,1-2H3,(H,23,26). The first-order chi connectivity index (χ1) is 13.3. The van der Waals surface area contributed by atoms with E-state index < -0.39 is 11.1 Å². The molecule has 1 aromatic heterocycles. The van der Waals surface area contributed by atoms with Crippen LogP contribution in [0.4, 0.5) is 14.5 Å². The van der Waals surface area contributed by atoms with Crippen LogP contribution in [0.15, 0.2) is 40.9 Å². The van der Waals surface area contributed by atoms with Crippen LogP contribution in [0, 0.1) is 18.6 Å². The van der Waals surface area contributed by atoms with E-state index in [-0.39, 0.29) is 22.6 Å². The average molecular weight is 424 g/mol. The lowest BCUT2D eigenvalue weighted by atomic mass is 10.1. The van der Waals surface area contributed by atoms with E-state index in [1.54, 1.807) is 26.0 Å². The monoisotopic (exact) mass is 423 g/mol. The zero-order valence-electron chi connectivity index (χ0n) is 15.0. The topological polar surface area (TPSA) is 68.0 Å². The summed E-state index contributed by atoms with van der Waals surface area (Å²) in [5.41, 5.74) is 1.38. The Morgan fingerprint density at radius 3 is 2.79 bits per heavy atom. The number of carbonyl (C=O) groups is 1. The molecule has 1 amide bonds. The number of rotatable bonds is 6. The number of thioether (sulfide) groups is 1. The van der Waals surface area contributed by atoms with Gasteiger partial charge in [-0.3, -0.25) is 4.79 Å². The van der Waals surface area contributed by atoms with Crippen molar-refractivity contribution in [1.82, 2.24) is 10.1 Å². The number of aromatic nitrogens is 2. The summed E-state index contributed by atoms with van der Waals surface area (Å²) in [5.74, 6) is -0.217. The molecular formula is C19H16ClF2N3O2S. The van der Waals surface area contributed by atoms with Gasteiger partial charge >= 0.3 is 0 Å². The Morgan fingerprint density at radius 2 is 2.07 bits per heavy atom. The second-order valence-electron chi connectivity index (χ2n) is 6.04. The van der Waals surface area contributed by atoms with Crippen molar-refractivity contribution in [3.05, 3.63) is 64.5 Å². The van der Waals surface area contributed by atoms with Gasteiger partial charge in [0.1, 0.15) is 11.6 Å². The minimum absolute atomic E-state index is 0.123. The van der Waals surface area contributed by atoms with Gasteiger partial charge in [0, 0.05) is 5.56 Å². The van der Waals surface area contributed by atoms with E-state index in [1.165, 1.54) is 30.0 Å². The van der Waals surface area contributed by atoms with Gasteiger partial charge in [-0.05, 0) is 43.7 Å². The van der Waals surface area contributed by atoms with E-state index in [2.05, 4.69) is 15.5 Å². The van der Waals surface area contributed by atoms with Gasteiger partial charge < -0.3 is 9.84 Å². The van der Waals surface area contributed by atoms with Crippen LogP contribution in [-0.2, 0) is 10.5 Å². The van der Waals surface area contributed by atoms with Crippen molar-refractivity contribution in [3.8, 4) is 11.4 Å². The summed E-state index contributed by atoms with van der Waals surface area (Å²) in [6, 6.07) is 8.44. The minimum atomic E-state index is -0.480. The highest BCUT2D eigenvalue weighted by molar-refractivity contribution is 7.99. The maximum atomic E-state index is 13.7. The van der Waals surface area contributed by atoms with Gasteiger partial charge in [-0.25, -0.2) is 8.78 Å². The number of hydrogen-bond donors (Lipinski definition) is 1. The number of nitrogens with one attached hydrogen (secondary N) is 1.